The molecular weight excluding hydrogens is 206 g/mol. The maximum atomic E-state index is 4.63. The Morgan fingerprint density at radius 3 is 1.82 bits per heavy atom. The molecule has 0 spiro atoms. The van der Waals surface area contributed by atoms with Crippen LogP contribution in [0.15, 0.2) is 18.3 Å². The minimum Gasteiger partial charge on any atom is -0.260 e. The quantitative estimate of drug-likeness (QED) is 0.685. The Hall–Kier alpha value is -0.850. The Bertz CT molecular complexity index is 389. The lowest BCUT2D eigenvalue weighted by Gasteiger charge is -2.41. The van der Waals surface area contributed by atoms with Crippen molar-refractivity contribution in [2.75, 3.05) is 0 Å². The van der Waals surface area contributed by atoms with Crippen LogP contribution in [0.1, 0.15) is 66.6 Å². The topological polar surface area (TPSA) is 12.9 Å². The average Bonchev–Trinajstić information content (AvgIpc) is 2.14. The molecule has 0 aliphatic heterocycles. The number of hydrogen-bond acceptors (Lipinski definition) is 1. The van der Waals surface area contributed by atoms with E-state index in [2.05, 4.69) is 72.5 Å². The normalized spacial score (nSPS) is 13.9. The van der Waals surface area contributed by atoms with Crippen molar-refractivity contribution in [3.63, 3.8) is 0 Å². The molecule has 1 aromatic rings. The Morgan fingerprint density at radius 2 is 1.41 bits per heavy atom. The van der Waals surface area contributed by atoms with Crippen molar-refractivity contribution in [2.24, 2.45) is 5.41 Å². The molecule has 1 heterocycles. The molecule has 1 aromatic heterocycles. The molecule has 1 nitrogen and oxygen atoms in total. The van der Waals surface area contributed by atoms with Gasteiger partial charge in [-0.1, -0.05) is 61.5 Å². The molecule has 96 valence electrons. The van der Waals surface area contributed by atoms with Gasteiger partial charge in [0.15, 0.2) is 0 Å². The van der Waals surface area contributed by atoms with Gasteiger partial charge in [-0.15, -0.1) is 0 Å². The van der Waals surface area contributed by atoms with Crippen LogP contribution in [0, 0.1) is 5.41 Å². The molecule has 1 rings (SSSR count). The molecule has 0 saturated carbocycles. The summed E-state index contributed by atoms with van der Waals surface area (Å²) in [6, 6.07) is 4.29. The van der Waals surface area contributed by atoms with Gasteiger partial charge in [0.2, 0.25) is 0 Å². The number of nitrogens with zero attached hydrogens (tertiary/aromatic N) is 1. The van der Waals surface area contributed by atoms with Crippen LogP contribution in [0.5, 0.6) is 0 Å². The lowest BCUT2D eigenvalue weighted by Crippen LogP contribution is -2.36. The fourth-order valence-electron chi connectivity index (χ4n) is 1.91. The predicted molar refractivity (Wildman–Crippen MR) is 75.4 cm³/mol. The second-order valence-electron chi connectivity index (χ2n) is 7.52. The molecule has 0 atom stereocenters. The maximum absolute atomic E-state index is 4.63. The van der Waals surface area contributed by atoms with E-state index in [1.54, 1.807) is 0 Å². The van der Waals surface area contributed by atoms with Gasteiger partial charge in [-0.2, -0.15) is 0 Å². The van der Waals surface area contributed by atoms with E-state index < -0.39 is 0 Å². The maximum Gasteiger partial charge on any atom is 0.0494 e. The van der Waals surface area contributed by atoms with Crippen LogP contribution in [0.25, 0.3) is 0 Å². The molecular formula is C16H27N. The van der Waals surface area contributed by atoms with E-state index in [1.807, 2.05) is 6.20 Å². The third-order valence-corrected chi connectivity index (χ3v) is 4.07. The van der Waals surface area contributed by atoms with Gasteiger partial charge in [0.05, 0.1) is 0 Å². The molecule has 0 amide bonds. The summed E-state index contributed by atoms with van der Waals surface area (Å²) < 4.78 is 0. The molecule has 0 aromatic carbocycles. The van der Waals surface area contributed by atoms with E-state index in [-0.39, 0.29) is 16.2 Å². The lowest BCUT2D eigenvalue weighted by molar-refractivity contribution is 0.221. The van der Waals surface area contributed by atoms with E-state index in [9.17, 15) is 0 Å². The highest BCUT2D eigenvalue weighted by molar-refractivity contribution is 5.34. The molecule has 0 unspecified atom stereocenters. The van der Waals surface area contributed by atoms with Gasteiger partial charge in [0, 0.05) is 17.3 Å². The Kier molecular flexibility index (Phi) is 3.44. The first-order valence-corrected chi connectivity index (χ1v) is 6.44. The summed E-state index contributed by atoms with van der Waals surface area (Å²) in [7, 11) is 0. The van der Waals surface area contributed by atoms with Crippen LogP contribution in [0.4, 0.5) is 0 Å². The Morgan fingerprint density at radius 1 is 0.882 bits per heavy atom. The summed E-state index contributed by atoms with van der Waals surface area (Å²) in [5, 5.41) is 0. The van der Waals surface area contributed by atoms with E-state index in [1.165, 1.54) is 11.3 Å². The van der Waals surface area contributed by atoms with Crippen molar-refractivity contribution < 1.29 is 0 Å². The fraction of sp³-hybridized carbons (Fsp3) is 0.688. The van der Waals surface area contributed by atoms with Crippen molar-refractivity contribution in [1.82, 2.24) is 4.98 Å². The summed E-state index contributed by atoms with van der Waals surface area (Å²) in [4.78, 5) is 4.63. The van der Waals surface area contributed by atoms with Crippen LogP contribution >= 0.6 is 0 Å². The summed E-state index contributed by atoms with van der Waals surface area (Å²) in [6.45, 7) is 18.2. The molecule has 0 bridgehead atoms. The van der Waals surface area contributed by atoms with Gasteiger partial charge in [-0.05, 0) is 22.5 Å². The molecule has 0 fully saturated rings. The zero-order valence-corrected chi connectivity index (χ0v) is 12.7. The average molecular weight is 233 g/mol. The summed E-state index contributed by atoms with van der Waals surface area (Å²) >= 11 is 0. The van der Waals surface area contributed by atoms with Gasteiger partial charge in [-0.3, -0.25) is 4.98 Å². The summed E-state index contributed by atoms with van der Waals surface area (Å²) in [5.74, 6) is 0. The molecule has 0 radical (unpaired) electrons. The van der Waals surface area contributed by atoms with Crippen LogP contribution in [-0.4, -0.2) is 4.98 Å². The Balaban J connectivity index is 3.43. The van der Waals surface area contributed by atoms with Gasteiger partial charge < -0.3 is 0 Å². The molecule has 0 N–H and O–H groups in total. The molecule has 1 heteroatoms. The van der Waals surface area contributed by atoms with E-state index in [0.717, 1.165) is 0 Å². The van der Waals surface area contributed by atoms with Crippen LogP contribution in [0.3, 0.4) is 0 Å². The Labute approximate surface area is 107 Å². The van der Waals surface area contributed by atoms with Crippen molar-refractivity contribution in [1.29, 1.82) is 0 Å². The zero-order chi connectivity index (χ0) is 13.5. The minimum atomic E-state index is 0.0963. The second kappa shape index (κ2) is 4.12. The standard InChI is InChI=1S/C16H27N/c1-14(2,3)13-12(10-9-11-17-13)16(7,8)15(4,5)6/h9-11H,1-8H3. The predicted octanol–water partition coefficient (Wildman–Crippen LogP) is 4.70. The fourth-order valence-corrected chi connectivity index (χ4v) is 1.91. The van der Waals surface area contributed by atoms with Gasteiger partial charge in [-0.25, -0.2) is 0 Å². The lowest BCUT2D eigenvalue weighted by atomic mass is 9.63. The first-order valence-electron chi connectivity index (χ1n) is 6.44. The van der Waals surface area contributed by atoms with Crippen LogP contribution < -0.4 is 0 Å². The van der Waals surface area contributed by atoms with Crippen molar-refractivity contribution in [2.45, 2.75) is 66.2 Å². The molecule has 0 aliphatic rings. The molecule has 0 aliphatic carbocycles. The number of aromatic nitrogens is 1. The van der Waals surface area contributed by atoms with Gasteiger partial charge >= 0.3 is 0 Å². The summed E-state index contributed by atoms with van der Waals surface area (Å²) in [6.07, 6.45) is 1.91. The third kappa shape index (κ3) is 2.70. The van der Waals surface area contributed by atoms with Gasteiger partial charge in [0.1, 0.15) is 0 Å². The highest BCUT2D eigenvalue weighted by atomic mass is 14.7. The van der Waals surface area contributed by atoms with E-state index >= 15 is 0 Å². The third-order valence-electron chi connectivity index (χ3n) is 4.07. The van der Waals surface area contributed by atoms with Gasteiger partial charge in [0.25, 0.3) is 0 Å². The van der Waals surface area contributed by atoms with Crippen LogP contribution in [-0.2, 0) is 10.8 Å². The van der Waals surface area contributed by atoms with E-state index in [0.29, 0.717) is 0 Å². The first kappa shape index (κ1) is 14.2. The van der Waals surface area contributed by atoms with Crippen LogP contribution in [0.2, 0.25) is 0 Å². The van der Waals surface area contributed by atoms with Crippen molar-refractivity contribution in [3.05, 3.63) is 29.6 Å². The number of hydrogen-bond donors (Lipinski definition) is 0. The van der Waals surface area contributed by atoms with E-state index in [4.69, 9.17) is 0 Å². The highest BCUT2D eigenvalue weighted by Crippen LogP contribution is 2.43. The van der Waals surface area contributed by atoms with Crippen molar-refractivity contribution >= 4 is 0 Å². The minimum absolute atomic E-state index is 0.0963. The zero-order valence-electron chi connectivity index (χ0n) is 12.7. The number of rotatable bonds is 1. The largest absolute Gasteiger partial charge is 0.260 e. The first-order chi connectivity index (χ1) is 7.48. The smallest absolute Gasteiger partial charge is 0.0494 e. The SMILES string of the molecule is CC(C)(C)c1ncccc1C(C)(C)C(C)(C)C. The monoisotopic (exact) mass is 233 g/mol. The highest BCUT2D eigenvalue weighted by Gasteiger charge is 2.38. The molecule has 0 saturated heterocycles. The van der Waals surface area contributed by atoms with Crippen molar-refractivity contribution in [3.8, 4) is 0 Å². The summed E-state index contributed by atoms with van der Waals surface area (Å²) in [5.41, 5.74) is 3.03. The number of pyridine rings is 1. The molecule has 17 heavy (non-hydrogen) atoms. The second-order valence-corrected chi connectivity index (χ2v) is 7.52.